The molecule has 140 valence electrons. The SMILES string of the molecule is C=C/C=C\C1=C(C)C(C=C)=C(/C=C\C)C12C(/C=C\C)=C(C=C)c1ccccc12. The standard InChI is InChI=1S/C28H28/c1-7-12-18-24-20(6)21(10-4)25(15-8-2)28(24)26(16-9-3)22(11-5)23-17-13-14-19-27(23)28/h7-19H,1,4-5H2,2-3,6H3/b15-8-,16-9-,18-12-. The summed E-state index contributed by atoms with van der Waals surface area (Å²) in [6.45, 7) is 18.5. The second-order valence-corrected chi connectivity index (χ2v) is 6.99. The van der Waals surface area contributed by atoms with E-state index in [2.05, 4.69) is 95.2 Å². The topological polar surface area (TPSA) is 0 Å². The smallest absolute Gasteiger partial charge is 0.0721 e. The van der Waals surface area contributed by atoms with Gasteiger partial charge in [-0.05, 0) is 65.3 Å². The quantitative estimate of drug-likeness (QED) is 0.456. The highest BCUT2D eigenvalue weighted by Gasteiger charge is 2.51. The summed E-state index contributed by atoms with van der Waals surface area (Å²) in [6, 6.07) is 8.68. The zero-order valence-corrected chi connectivity index (χ0v) is 17.1. The molecule has 0 saturated carbocycles. The van der Waals surface area contributed by atoms with Crippen molar-refractivity contribution in [2.75, 3.05) is 0 Å². The van der Waals surface area contributed by atoms with E-state index in [1.54, 1.807) is 0 Å². The van der Waals surface area contributed by atoms with Crippen molar-refractivity contribution >= 4 is 5.57 Å². The Hall–Kier alpha value is -3.12. The number of hydrogen-bond donors (Lipinski definition) is 0. The van der Waals surface area contributed by atoms with Gasteiger partial charge >= 0.3 is 0 Å². The molecule has 0 heteroatoms. The highest BCUT2D eigenvalue weighted by molar-refractivity contribution is 5.94. The van der Waals surface area contributed by atoms with Gasteiger partial charge in [0.15, 0.2) is 0 Å². The van der Waals surface area contributed by atoms with E-state index in [1.165, 1.54) is 44.6 Å². The third-order valence-corrected chi connectivity index (χ3v) is 5.70. The first-order valence-corrected chi connectivity index (χ1v) is 9.73. The van der Waals surface area contributed by atoms with Gasteiger partial charge in [-0.3, -0.25) is 0 Å². The van der Waals surface area contributed by atoms with Gasteiger partial charge in [-0.25, -0.2) is 0 Å². The van der Waals surface area contributed by atoms with Crippen molar-refractivity contribution in [3.63, 3.8) is 0 Å². The van der Waals surface area contributed by atoms with Gasteiger partial charge in [0.25, 0.3) is 0 Å². The van der Waals surface area contributed by atoms with Crippen LogP contribution in [-0.4, -0.2) is 0 Å². The minimum absolute atomic E-state index is 0.369. The Labute approximate surface area is 169 Å². The number of benzene rings is 1. The van der Waals surface area contributed by atoms with Gasteiger partial charge in [-0.2, -0.15) is 0 Å². The Morgan fingerprint density at radius 1 is 0.786 bits per heavy atom. The van der Waals surface area contributed by atoms with Crippen molar-refractivity contribution in [1.29, 1.82) is 0 Å². The third-order valence-electron chi connectivity index (χ3n) is 5.70. The molecule has 1 aromatic rings. The van der Waals surface area contributed by atoms with E-state index in [0.717, 1.165) is 0 Å². The van der Waals surface area contributed by atoms with Crippen molar-refractivity contribution in [3.8, 4) is 0 Å². The van der Waals surface area contributed by atoms with Crippen molar-refractivity contribution in [3.05, 3.63) is 138 Å². The molecule has 0 fully saturated rings. The average Bonchev–Trinajstić information content (AvgIpc) is 3.11. The lowest BCUT2D eigenvalue weighted by atomic mass is 9.67. The molecule has 0 N–H and O–H groups in total. The molecule has 1 aromatic carbocycles. The van der Waals surface area contributed by atoms with E-state index >= 15 is 0 Å². The summed E-state index contributed by atoms with van der Waals surface area (Å²) >= 11 is 0. The van der Waals surface area contributed by atoms with Gasteiger partial charge in [0.1, 0.15) is 0 Å². The molecule has 1 unspecified atom stereocenters. The van der Waals surface area contributed by atoms with Crippen molar-refractivity contribution in [1.82, 2.24) is 0 Å². The lowest BCUT2D eigenvalue weighted by Gasteiger charge is -2.33. The van der Waals surface area contributed by atoms with Crippen LogP contribution in [0.5, 0.6) is 0 Å². The van der Waals surface area contributed by atoms with E-state index in [1.807, 2.05) is 24.3 Å². The minimum Gasteiger partial charge on any atom is -0.0991 e. The van der Waals surface area contributed by atoms with Crippen LogP contribution in [0.4, 0.5) is 0 Å². The first-order valence-electron chi connectivity index (χ1n) is 9.73. The van der Waals surface area contributed by atoms with Gasteiger partial charge in [0.2, 0.25) is 0 Å². The summed E-state index contributed by atoms with van der Waals surface area (Å²) in [7, 11) is 0. The molecule has 28 heavy (non-hydrogen) atoms. The molecule has 1 atom stereocenters. The van der Waals surface area contributed by atoms with Crippen LogP contribution in [0.1, 0.15) is 31.9 Å². The largest absolute Gasteiger partial charge is 0.0991 e. The maximum atomic E-state index is 4.15. The van der Waals surface area contributed by atoms with Crippen LogP contribution in [0.2, 0.25) is 0 Å². The Bertz CT molecular complexity index is 1030. The summed E-state index contributed by atoms with van der Waals surface area (Å²) in [6.07, 6.45) is 18.8. The van der Waals surface area contributed by atoms with Gasteiger partial charge in [0, 0.05) is 0 Å². The zero-order valence-electron chi connectivity index (χ0n) is 17.1. The highest BCUT2D eigenvalue weighted by Crippen LogP contribution is 2.61. The number of rotatable bonds is 6. The summed E-state index contributed by atoms with van der Waals surface area (Å²) in [5.41, 5.74) is 9.62. The van der Waals surface area contributed by atoms with Crippen LogP contribution in [-0.2, 0) is 5.41 Å². The predicted octanol–water partition coefficient (Wildman–Crippen LogP) is 7.58. The first-order chi connectivity index (χ1) is 13.6. The number of hydrogen-bond acceptors (Lipinski definition) is 0. The van der Waals surface area contributed by atoms with Gasteiger partial charge in [0.05, 0.1) is 5.41 Å². The van der Waals surface area contributed by atoms with Crippen molar-refractivity contribution in [2.24, 2.45) is 0 Å². The van der Waals surface area contributed by atoms with Crippen LogP contribution in [0.15, 0.2) is 127 Å². The second kappa shape index (κ2) is 7.86. The molecule has 2 aliphatic rings. The predicted molar refractivity (Wildman–Crippen MR) is 124 cm³/mol. The minimum atomic E-state index is -0.369. The molecule has 0 aromatic heterocycles. The Kier molecular flexibility index (Phi) is 5.51. The fraction of sp³-hybridized carbons (Fsp3) is 0.143. The summed E-state index contributed by atoms with van der Waals surface area (Å²) < 4.78 is 0. The van der Waals surface area contributed by atoms with Crippen molar-refractivity contribution < 1.29 is 0 Å². The summed E-state index contributed by atoms with van der Waals surface area (Å²) in [5.74, 6) is 0. The highest BCUT2D eigenvalue weighted by atomic mass is 14.5. The molecule has 0 nitrogen and oxygen atoms in total. The van der Waals surface area contributed by atoms with Crippen LogP contribution in [0.3, 0.4) is 0 Å². The van der Waals surface area contributed by atoms with E-state index in [-0.39, 0.29) is 5.41 Å². The molecular formula is C28H28. The lowest BCUT2D eigenvalue weighted by molar-refractivity contribution is 0.770. The zero-order chi connectivity index (χ0) is 20.3. The van der Waals surface area contributed by atoms with Crippen LogP contribution >= 0.6 is 0 Å². The van der Waals surface area contributed by atoms with Crippen LogP contribution in [0.25, 0.3) is 5.57 Å². The maximum absolute atomic E-state index is 4.15. The first kappa shape index (κ1) is 19.6. The van der Waals surface area contributed by atoms with E-state index in [4.69, 9.17) is 0 Å². The van der Waals surface area contributed by atoms with E-state index < -0.39 is 0 Å². The number of fused-ring (bicyclic) bond motifs is 2. The number of allylic oxidation sites excluding steroid dienone is 15. The second-order valence-electron chi connectivity index (χ2n) is 6.99. The van der Waals surface area contributed by atoms with Gasteiger partial charge < -0.3 is 0 Å². The average molecular weight is 365 g/mol. The molecule has 0 amide bonds. The molecular weight excluding hydrogens is 336 g/mol. The normalized spacial score (nSPS) is 21.8. The van der Waals surface area contributed by atoms with Crippen LogP contribution < -0.4 is 0 Å². The molecule has 0 saturated heterocycles. The maximum Gasteiger partial charge on any atom is 0.0721 e. The Balaban J connectivity index is 2.58. The third kappa shape index (κ3) is 2.52. The van der Waals surface area contributed by atoms with E-state index in [9.17, 15) is 0 Å². The molecule has 3 rings (SSSR count). The molecule has 1 spiro atoms. The van der Waals surface area contributed by atoms with Gasteiger partial charge in [-0.15, -0.1) is 0 Å². The van der Waals surface area contributed by atoms with E-state index in [0.29, 0.717) is 0 Å². The molecule has 0 aliphatic heterocycles. The summed E-state index contributed by atoms with van der Waals surface area (Å²) in [5, 5.41) is 0. The van der Waals surface area contributed by atoms with Crippen molar-refractivity contribution in [2.45, 2.75) is 26.2 Å². The molecule has 0 bridgehead atoms. The fourth-order valence-corrected chi connectivity index (χ4v) is 4.75. The molecule has 0 radical (unpaired) electrons. The Morgan fingerprint density at radius 3 is 1.96 bits per heavy atom. The molecule has 0 heterocycles. The summed E-state index contributed by atoms with van der Waals surface area (Å²) in [4.78, 5) is 0. The van der Waals surface area contributed by atoms with Gasteiger partial charge in [-0.1, -0.05) is 98.7 Å². The molecule has 2 aliphatic carbocycles. The Morgan fingerprint density at radius 2 is 1.39 bits per heavy atom. The fourth-order valence-electron chi connectivity index (χ4n) is 4.75. The monoisotopic (exact) mass is 364 g/mol. The lowest BCUT2D eigenvalue weighted by Crippen LogP contribution is -2.28. The van der Waals surface area contributed by atoms with Crippen LogP contribution in [0, 0.1) is 0 Å².